The Labute approximate surface area is 79.0 Å². The first-order valence-corrected chi connectivity index (χ1v) is 3.96. The summed E-state index contributed by atoms with van der Waals surface area (Å²) in [7, 11) is 0. The van der Waals surface area contributed by atoms with Crippen molar-refractivity contribution >= 4 is 0 Å². The lowest BCUT2D eigenvalue weighted by Crippen LogP contribution is -2.57. The maximum absolute atomic E-state index is 9.37. The summed E-state index contributed by atoms with van der Waals surface area (Å²) in [5.74, 6) is 0. The molecule has 80 valence electrons. The SMILES string of the molecule is [N-]=[N+]=N[C@@H]1C(O)[C@@H](O)C(CO)O[C@H]1O. The Bertz CT molecular complexity index is 244. The van der Waals surface area contributed by atoms with Gasteiger partial charge >= 0.3 is 0 Å². The summed E-state index contributed by atoms with van der Waals surface area (Å²) in [6, 6.07) is -1.27. The van der Waals surface area contributed by atoms with E-state index in [-0.39, 0.29) is 0 Å². The molecule has 0 spiro atoms. The maximum Gasteiger partial charge on any atom is 0.166 e. The molecule has 2 unspecified atom stereocenters. The molecule has 0 aliphatic carbocycles. The summed E-state index contributed by atoms with van der Waals surface area (Å²) in [4.78, 5) is 2.40. The number of aliphatic hydroxyl groups is 4. The first-order chi connectivity index (χ1) is 6.61. The molecule has 1 aliphatic rings. The Morgan fingerprint density at radius 2 is 1.93 bits per heavy atom. The van der Waals surface area contributed by atoms with Crippen LogP contribution in [0.2, 0.25) is 0 Å². The fraction of sp³-hybridized carbons (Fsp3) is 1.00. The van der Waals surface area contributed by atoms with Crippen LogP contribution in [0.3, 0.4) is 0 Å². The van der Waals surface area contributed by atoms with Gasteiger partial charge in [0.15, 0.2) is 6.29 Å². The van der Waals surface area contributed by atoms with Gasteiger partial charge in [0.1, 0.15) is 18.2 Å². The van der Waals surface area contributed by atoms with Crippen molar-refractivity contribution in [3.8, 4) is 0 Å². The van der Waals surface area contributed by atoms with Crippen LogP contribution in [-0.2, 0) is 4.74 Å². The van der Waals surface area contributed by atoms with Gasteiger partial charge in [-0.15, -0.1) is 0 Å². The van der Waals surface area contributed by atoms with Crippen molar-refractivity contribution in [2.75, 3.05) is 6.61 Å². The lowest BCUT2D eigenvalue weighted by atomic mass is 9.98. The second-order valence-corrected chi connectivity index (χ2v) is 2.92. The molecule has 0 bridgehead atoms. The Kier molecular flexibility index (Phi) is 3.64. The standard InChI is InChI=1S/C6H11N3O5/c7-9-8-3-5(12)4(11)2(1-10)14-6(3)13/h2-6,10-13H,1H2/t2?,3-,4+,5?,6-/m1/s1. The van der Waals surface area contributed by atoms with Crippen molar-refractivity contribution in [3.63, 3.8) is 0 Å². The van der Waals surface area contributed by atoms with E-state index in [4.69, 9.17) is 15.4 Å². The zero-order chi connectivity index (χ0) is 10.7. The third-order valence-corrected chi connectivity index (χ3v) is 2.05. The van der Waals surface area contributed by atoms with Crippen LogP contribution in [-0.4, -0.2) is 57.7 Å². The van der Waals surface area contributed by atoms with Gasteiger partial charge in [-0.2, -0.15) is 0 Å². The first-order valence-electron chi connectivity index (χ1n) is 3.96. The van der Waals surface area contributed by atoms with E-state index >= 15 is 0 Å². The number of rotatable bonds is 2. The van der Waals surface area contributed by atoms with Gasteiger partial charge in [-0.1, -0.05) is 5.11 Å². The fourth-order valence-electron chi connectivity index (χ4n) is 1.27. The van der Waals surface area contributed by atoms with Crippen LogP contribution in [0.25, 0.3) is 10.4 Å². The third kappa shape index (κ3) is 1.95. The van der Waals surface area contributed by atoms with Gasteiger partial charge in [0.2, 0.25) is 0 Å². The number of aliphatic hydroxyl groups excluding tert-OH is 4. The number of hydrogen-bond acceptors (Lipinski definition) is 6. The zero-order valence-electron chi connectivity index (χ0n) is 7.13. The van der Waals surface area contributed by atoms with Crippen molar-refractivity contribution in [2.45, 2.75) is 30.6 Å². The molecule has 0 aromatic rings. The summed E-state index contributed by atoms with van der Waals surface area (Å²) < 4.78 is 4.71. The first kappa shape index (κ1) is 11.2. The maximum atomic E-state index is 9.37. The summed E-state index contributed by atoms with van der Waals surface area (Å²) >= 11 is 0. The molecule has 1 fully saturated rings. The van der Waals surface area contributed by atoms with E-state index in [0.29, 0.717) is 0 Å². The van der Waals surface area contributed by atoms with Crippen molar-refractivity contribution in [3.05, 3.63) is 10.4 Å². The molecule has 5 atom stereocenters. The van der Waals surface area contributed by atoms with E-state index in [2.05, 4.69) is 10.0 Å². The molecule has 14 heavy (non-hydrogen) atoms. The molecule has 0 amide bonds. The fourth-order valence-corrected chi connectivity index (χ4v) is 1.27. The molecule has 8 nitrogen and oxygen atoms in total. The molecule has 1 heterocycles. The molecule has 4 N–H and O–H groups in total. The second-order valence-electron chi connectivity index (χ2n) is 2.92. The smallest absolute Gasteiger partial charge is 0.166 e. The number of nitrogens with zero attached hydrogens (tertiary/aromatic N) is 3. The molecule has 1 aliphatic heterocycles. The van der Waals surface area contributed by atoms with Gasteiger partial charge in [-0.05, 0) is 5.53 Å². The highest BCUT2D eigenvalue weighted by Crippen LogP contribution is 2.21. The minimum Gasteiger partial charge on any atom is -0.394 e. The third-order valence-electron chi connectivity index (χ3n) is 2.05. The topological polar surface area (TPSA) is 139 Å². The van der Waals surface area contributed by atoms with Crippen LogP contribution < -0.4 is 0 Å². The van der Waals surface area contributed by atoms with E-state index in [1.54, 1.807) is 0 Å². The number of hydrogen-bond donors (Lipinski definition) is 4. The highest BCUT2D eigenvalue weighted by molar-refractivity contribution is 4.92. The van der Waals surface area contributed by atoms with Crippen LogP contribution in [0.5, 0.6) is 0 Å². The molecule has 8 heteroatoms. The van der Waals surface area contributed by atoms with Gasteiger partial charge in [0, 0.05) is 4.91 Å². The molecule has 0 aromatic carbocycles. The lowest BCUT2D eigenvalue weighted by Gasteiger charge is -2.37. The van der Waals surface area contributed by atoms with Gasteiger partial charge in [0.05, 0.1) is 12.7 Å². The van der Waals surface area contributed by atoms with Crippen LogP contribution >= 0.6 is 0 Å². The predicted molar refractivity (Wildman–Crippen MR) is 42.9 cm³/mol. The average Bonchev–Trinajstić information content (AvgIpc) is 2.18. The van der Waals surface area contributed by atoms with Gasteiger partial charge in [0.25, 0.3) is 0 Å². The second kappa shape index (κ2) is 4.56. The predicted octanol–water partition coefficient (Wildman–Crippen LogP) is -1.90. The van der Waals surface area contributed by atoms with E-state index in [1.807, 2.05) is 0 Å². The van der Waals surface area contributed by atoms with Crippen LogP contribution in [0.4, 0.5) is 0 Å². The quantitative estimate of drug-likeness (QED) is 0.237. The van der Waals surface area contributed by atoms with Crippen molar-refractivity contribution in [1.29, 1.82) is 0 Å². The normalized spacial score (nSPS) is 43.0. The van der Waals surface area contributed by atoms with Crippen LogP contribution in [0, 0.1) is 0 Å². The van der Waals surface area contributed by atoms with Crippen molar-refractivity contribution in [2.24, 2.45) is 5.11 Å². The summed E-state index contributed by atoms with van der Waals surface area (Å²) in [6.45, 7) is -0.543. The van der Waals surface area contributed by atoms with Gasteiger partial charge < -0.3 is 25.2 Å². The number of azide groups is 1. The highest BCUT2D eigenvalue weighted by atomic mass is 16.6. The minimum absolute atomic E-state index is 0.543. The minimum atomic E-state index is -1.53. The largest absolute Gasteiger partial charge is 0.394 e. The molecule has 1 saturated heterocycles. The van der Waals surface area contributed by atoms with Crippen LogP contribution in [0.1, 0.15) is 0 Å². The average molecular weight is 205 g/mol. The summed E-state index contributed by atoms with van der Waals surface area (Å²) in [5, 5.41) is 39.7. The Morgan fingerprint density at radius 3 is 2.43 bits per heavy atom. The summed E-state index contributed by atoms with van der Waals surface area (Å²) in [6.07, 6.45) is -5.45. The lowest BCUT2D eigenvalue weighted by molar-refractivity contribution is -0.248. The van der Waals surface area contributed by atoms with E-state index < -0.39 is 37.3 Å². The highest BCUT2D eigenvalue weighted by Gasteiger charge is 2.43. The molecular formula is C6H11N3O5. The van der Waals surface area contributed by atoms with E-state index in [0.717, 1.165) is 0 Å². The monoisotopic (exact) mass is 205 g/mol. The Hall–Kier alpha value is -0.890. The Balaban J connectivity index is 2.78. The van der Waals surface area contributed by atoms with Gasteiger partial charge in [-0.3, -0.25) is 0 Å². The van der Waals surface area contributed by atoms with E-state index in [9.17, 15) is 15.3 Å². The van der Waals surface area contributed by atoms with E-state index in [1.165, 1.54) is 0 Å². The molecule has 1 rings (SSSR count). The molecule has 0 radical (unpaired) electrons. The van der Waals surface area contributed by atoms with Crippen LogP contribution in [0.15, 0.2) is 5.11 Å². The number of ether oxygens (including phenoxy) is 1. The van der Waals surface area contributed by atoms with Crippen molar-refractivity contribution < 1.29 is 25.2 Å². The molecular weight excluding hydrogens is 194 g/mol. The molecule has 0 saturated carbocycles. The van der Waals surface area contributed by atoms with Gasteiger partial charge in [-0.25, -0.2) is 0 Å². The Morgan fingerprint density at radius 1 is 1.29 bits per heavy atom. The van der Waals surface area contributed by atoms with Crippen molar-refractivity contribution in [1.82, 2.24) is 0 Å². The summed E-state index contributed by atoms with van der Waals surface area (Å²) in [5.41, 5.74) is 8.11. The molecule has 0 aromatic heterocycles. The zero-order valence-corrected chi connectivity index (χ0v) is 7.13.